The van der Waals surface area contributed by atoms with Crippen LogP contribution in [0.25, 0.3) is 0 Å². The van der Waals surface area contributed by atoms with Gasteiger partial charge in [0.1, 0.15) is 0 Å². The van der Waals surface area contributed by atoms with Gasteiger partial charge in [0.25, 0.3) is 0 Å². The van der Waals surface area contributed by atoms with Gasteiger partial charge in [-0.25, -0.2) is 8.42 Å². The topological polar surface area (TPSA) is 91.8 Å². The summed E-state index contributed by atoms with van der Waals surface area (Å²) in [5.41, 5.74) is -0.545. The highest BCUT2D eigenvalue weighted by atomic mass is 32.2. The van der Waals surface area contributed by atoms with Crippen LogP contribution >= 0.6 is 0 Å². The second-order valence-electron chi connectivity index (χ2n) is 5.55. The second kappa shape index (κ2) is 5.90. The van der Waals surface area contributed by atoms with Gasteiger partial charge in [0, 0.05) is 20.5 Å². The molecule has 0 bridgehead atoms. The van der Waals surface area contributed by atoms with E-state index in [1.165, 1.54) is 4.90 Å². The summed E-state index contributed by atoms with van der Waals surface area (Å²) < 4.78 is 23.8. The summed E-state index contributed by atoms with van der Waals surface area (Å²) in [6.45, 7) is 0. The first-order chi connectivity index (χ1) is 8.66. The van der Waals surface area contributed by atoms with Crippen LogP contribution in [0, 0.1) is 5.41 Å². The van der Waals surface area contributed by atoms with E-state index in [2.05, 4.69) is 0 Å². The van der Waals surface area contributed by atoms with Gasteiger partial charge in [-0.2, -0.15) is 0 Å². The molecule has 0 atom stereocenters. The van der Waals surface area contributed by atoms with Crippen LogP contribution in [0.4, 0.5) is 0 Å². The predicted molar refractivity (Wildman–Crippen MR) is 70.5 cm³/mol. The molecule has 1 saturated carbocycles. The molecule has 1 aliphatic carbocycles. The van der Waals surface area contributed by atoms with Crippen molar-refractivity contribution in [2.75, 3.05) is 25.6 Å². The van der Waals surface area contributed by atoms with Crippen LogP contribution < -0.4 is 0 Å². The van der Waals surface area contributed by atoms with Crippen LogP contribution in [0.2, 0.25) is 0 Å². The van der Waals surface area contributed by atoms with E-state index in [1.54, 1.807) is 14.1 Å². The highest BCUT2D eigenvalue weighted by Crippen LogP contribution is 2.49. The number of carbonyl (C=O) groups is 2. The first kappa shape index (κ1) is 15.9. The van der Waals surface area contributed by atoms with Crippen molar-refractivity contribution >= 4 is 21.7 Å². The zero-order valence-corrected chi connectivity index (χ0v) is 12.2. The largest absolute Gasteiger partial charge is 0.481 e. The SMILES string of the molecule is CN(C)C(=O)CCCS(=O)(=O)CC1(CC(=O)O)CC1. The minimum atomic E-state index is -3.28. The molecule has 0 saturated heterocycles. The quantitative estimate of drug-likeness (QED) is 0.704. The molecule has 1 amide bonds. The maximum absolute atomic E-state index is 11.9. The minimum Gasteiger partial charge on any atom is -0.481 e. The number of rotatable bonds is 8. The van der Waals surface area contributed by atoms with E-state index in [-0.39, 0.29) is 30.3 Å². The third-order valence-electron chi connectivity index (χ3n) is 3.35. The van der Waals surface area contributed by atoms with Gasteiger partial charge in [-0.05, 0) is 24.7 Å². The van der Waals surface area contributed by atoms with Gasteiger partial charge < -0.3 is 10.0 Å². The average molecular weight is 291 g/mol. The van der Waals surface area contributed by atoms with Crippen LogP contribution in [0.5, 0.6) is 0 Å². The van der Waals surface area contributed by atoms with Crippen molar-refractivity contribution < 1.29 is 23.1 Å². The Balaban J connectivity index is 2.41. The number of hydrogen-bond donors (Lipinski definition) is 1. The van der Waals surface area contributed by atoms with Gasteiger partial charge in [0.2, 0.25) is 5.91 Å². The Bertz CT molecular complexity index is 451. The normalized spacial score (nSPS) is 16.9. The van der Waals surface area contributed by atoms with Gasteiger partial charge in [-0.15, -0.1) is 0 Å². The number of hydrogen-bond acceptors (Lipinski definition) is 4. The van der Waals surface area contributed by atoms with E-state index < -0.39 is 21.2 Å². The predicted octanol–water partition coefficient (Wildman–Crippen LogP) is 0.524. The fourth-order valence-electron chi connectivity index (χ4n) is 2.08. The van der Waals surface area contributed by atoms with Crippen LogP contribution in [-0.4, -0.2) is 55.9 Å². The molecule has 0 aromatic heterocycles. The Morgan fingerprint density at radius 2 is 1.84 bits per heavy atom. The molecule has 110 valence electrons. The molecule has 19 heavy (non-hydrogen) atoms. The van der Waals surface area contributed by atoms with Gasteiger partial charge in [-0.3, -0.25) is 9.59 Å². The van der Waals surface area contributed by atoms with E-state index >= 15 is 0 Å². The highest BCUT2D eigenvalue weighted by molar-refractivity contribution is 7.91. The Hall–Kier alpha value is -1.11. The van der Waals surface area contributed by atoms with Crippen LogP contribution in [-0.2, 0) is 19.4 Å². The number of carbonyl (C=O) groups excluding carboxylic acids is 1. The zero-order chi connectivity index (χ0) is 14.7. The van der Waals surface area contributed by atoms with Crippen molar-refractivity contribution in [3.8, 4) is 0 Å². The molecule has 0 radical (unpaired) electrons. The summed E-state index contributed by atoms with van der Waals surface area (Å²) in [5, 5.41) is 8.75. The van der Waals surface area contributed by atoms with Crippen molar-refractivity contribution in [3.63, 3.8) is 0 Å². The summed E-state index contributed by atoms with van der Waals surface area (Å²) in [7, 11) is -0.0221. The molecule has 1 rings (SSSR count). The average Bonchev–Trinajstić information content (AvgIpc) is 2.94. The number of sulfone groups is 1. The summed E-state index contributed by atoms with van der Waals surface area (Å²) in [4.78, 5) is 23.4. The van der Waals surface area contributed by atoms with Crippen LogP contribution in [0.15, 0.2) is 0 Å². The first-order valence-corrected chi connectivity index (χ1v) is 8.10. The molecule has 7 heteroatoms. The lowest BCUT2D eigenvalue weighted by molar-refractivity contribution is -0.138. The van der Waals surface area contributed by atoms with Crippen LogP contribution in [0.3, 0.4) is 0 Å². The van der Waals surface area contributed by atoms with Crippen molar-refractivity contribution in [1.82, 2.24) is 4.90 Å². The first-order valence-electron chi connectivity index (χ1n) is 6.28. The molecule has 1 aliphatic rings. The molecule has 0 aromatic rings. The standard InChI is InChI=1S/C12H21NO5S/c1-13(2)10(14)4-3-7-19(17,18)9-12(5-6-12)8-11(15)16/h3-9H2,1-2H3,(H,15,16). The Morgan fingerprint density at radius 1 is 1.26 bits per heavy atom. The molecule has 6 nitrogen and oxygen atoms in total. The number of nitrogens with zero attached hydrogens (tertiary/aromatic N) is 1. The number of carboxylic acids is 1. The fourth-order valence-corrected chi connectivity index (χ4v) is 4.13. The van der Waals surface area contributed by atoms with Crippen molar-refractivity contribution in [3.05, 3.63) is 0 Å². The number of carboxylic acid groups (broad SMARTS) is 1. The Labute approximate surface area is 113 Å². The Kier molecular flexibility index (Phi) is 4.95. The Morgan fingerprint density at radius 3 is 2.26 bits per heavy atom. The van der Waals surface area contributed by atoms with E-state index in [9.17, 15) is 18.0 Å². The maximum atomic E-state index is 11.9. The van der Waals surface area contributed by atoms with Gasteiger partial charge in [0.05, 0.1) is 17.9 Å². The monoisotopic (exact) mass is 291 g/mol. The van der Waals surface area contributed by atoms with E-state index in [4.69, 9.17) is 5.11 Å². The van der Waals surface area contributed by atoms with Gasteiger partial charge in [-0.1, -0.05) is 0 Å². The zero-order valence-electron chi connectivity index (χ0n) is 11.4. The van der Waals surface area contributed by atoms with Gasteiger partial charge >= 0.3 is 5.97 Å². The maximum Gasteiger partial charge on any atom is 0.303 e. The summed E-state index contributed by atoms with van der Waals surface area (Å²) in [6.07, 6.45) is 1.74. The minimum absolute atomic E-state index is 0.0477. The van der Waals surface area contributed by atoms with Crippen molar-refractivity contribution in [2.24, 2.45) is 5.41 Å². The number of amides is 1. The molecular formula is C12H21NO5S. The molecule has 1 fully saturated rings. The van der Waals surface area contributed by atoms with Gasteiger partial charge in [0.15, 0.2) is 9.84 Å². The molecule has 0 heterocycles. The lowest BCUT2D eigenvalue weighted by Crippen LogP contribution is -2.25. The van der Waals surface area contributed by atoms with E-state index in [1.807, 2.05) is 0 Å². The lowest BCUT2D eigenvalue weighted by Gasteiger charge is -2.13. The summed E-state index contributed by atoms with van der Waals surface area (Å²) in [6, 6.07) is 0. The van der Waals surface area contributed by atoms with E-state index in [0.717, 1.165) is 0 Å². The summed E-state index contributed by atoms with van der Waals surface area (Å²) >= 11 is 0. The fraction of sp³-hybridized carbons (Fsp3) is 0.833. The molecule has 0 aromatic carbocycles. The summed E-state index contributed by atoms with van der Waals surface area (Å²) in [5.74, 6) is -1.16. The van der Waals surface area contributed by atoms with Crippen molar-refractivity contribution in [1.29, 1.82) is 0 Å². The molecule has 0 unspecified atom stereocenters. The third kappa shape index (κ3) is 5.59. The molecular weight excluding hydrogens is 270 g/mol. The molecule has 1 N–H and O–H groups in total. The van der Waals surface area contributed by atoms with Crippen LogP contribution in [0.1, 0.15) is 32.1 Å². The van der Waals surface area contributed by atoms with Crippen molar-refractivity contribution in [2.45, 2.75) is 32.1 Å². The molecule has 0 aliphatic heterocycles. The number of aliphatic carboxylic acids is 1. The highest BCUT2D eigenvalue weighted by Gasteiger charge is 2.47. The van der Waals surface area contributed by atoms with E-state index in [0.29, 0.717) is 19.3 Å². The second-order valence-corrected chi connectivity index (χ2v) is 7.74. The smallest absolute Gasteiger partial charge is 0.303 e. The third-order valence-corrected chi connectivity index (χ3v) is 5.32. The lowest BCUT2D eigenvalue weighted by atomic mass is 10.1. The molecule has 0 spiro atoms.